The van der Waals surface area contributed by atoms with Gasteiger partial charge in [0.05, 0.1) is 11.6 Å². The Hall–Kier alpha value is -2.37. The summed E-state index contributed by atoms with van der Waals surface area (Å²) in [7, 11) is -2.11. The van der Waals surface area contributed by atoms with Crippen molar-refractivity contribution in [2.45, 2.75) is 11.4 Å². The molecule has 1 heterocycles. The summed E-state index contributed by atoms with van der Waals surface area (Å²) in [5.74, 6) is -0.0418. The van der Waals surface area contributed by atoms with Gasteiger partial charge in [0.2, 0.25) is 10.0 Å². The van der Waals surface area contributed by atoms with Gasteiger partial charge in [-0.05, 0) is 17.7 Å². The van der Waals surface area contributed by atoms with E-state index in [2.05, 4.69) is 9.82 Å². The Balaban J connectivity index is 2.13. The molecule has 0 fully saturated rings. The Kier molecular flexibility index (Phi) is 3.74. The maximum atomic E-state index is 12.1. The normalized spacial score (nSPS) is 11.2. The van der Waals surface area contributed by atoms with Crippen LogP contribution in [0.15, 0.2) is 35.4 Å². The van der Waals surface area contributed by atoms with Gasteiger partial charge >= 0.3 is 0 Å². The zero-order valence-electron chi connectivity index (χ0n) is 10.7. The summed E-state index contributed by atoms with van der Waals surface area (Å²) in [6.45, 7) is 0.113. The predicted molar refractivity (Wildman–Crippen MR) is 72.8 cm³/mol. The van der Waals surface area contributed by atoms with Crippen LogP contribution in [0.2, 0.25) is 0 Å². The SMILES string of the molecule is Cn1cc(S(=O)(=O)NCc2ccc(C#N)cc2)c(N)n1. The molecule has 0 radical (unpaired) electrons. The standard InChI is InChI=1S/C12H13N5O2S/c1-17-8-11(12(14)16-17)20(18,19)15-7-10-4-2-9(6-13)3-5-10/h2-5,8,15H,7H2,1H3,(H2,14,16). The van der Waals surface area contributed by atoms with Crippen LogP contribution in [-0.4, -0.2) is 18.2 Å². The van der Waals surface area contributed by atoms with Crippen molar-refractivity contribution in [2.75, 3.05) is 5.73 Å². The molecule has 7 nitrogen and oxygen atoms in total. The zero-order chi connectivity index (χ0) is 14.8. The lowest BCUT2D eigenvalue weighted by atomic mass is 10.1. The summed E-state index contributed by atoms with van der Waals surface area (Å²) in [6, 6.07) is 8.63. The van der Waals surface area contributed by atoms with Gasteiger partial charge in [0.15, 0.2) is 5.82 Å². The van der Waals surface area contributed by atoms with E-state index in [-0.39, 0.29) is 17.3 Å². The average Bonchev–Trinajstić information content (AvgIpc) is 2.77. The van der Waals surface area contributed by atoms with Crippen molar-refractivity contribution in [1.29, 1.82) is 5.26 Å². The number of rotatable bonds is 4. The van der Waals surface area contributed by atoms with Crippen LogP contribution in [0.1, 0.15) is 11.1 Å². The molecule has 8 heteroatoms. The maximum Gasteiger partial charge on any atom is 0.246 e. The molecule has 0 amide bonds. The van der Waals surface area contributed by atoms with E-state index in [0.717, 1.165) is 5.56 Å². The molecule has 1 aromatic carbocycles. The summed E-state index contributed by atoms with van der Waals surface area (Å²) < 4.78 is 27.9. The van der Waals surface area contributed by atoms with Gasteiger partial charge in [-0.1, -0.05) is 12.1 Å². The molecule has 20 heavy (non-hydrogen) atoms. The fourth-order valence-corrected chi connectivity index (χ4v) is 2.76. The minimum atomic E-state index is -3.71. The predicted octanol–water partition coefficient (Wildman–Crippen LogP) is 0.352. The Morgan fingerprint density at radius 3 is 2.55 bits per heavy atom. The largest absolute Gasteiger partial charge is 0.381 e. The number of nitrogens with two attached hydrogens (primary N) is 1. The molecule has 2 aromatic rings. The molecule has 0 aliphatic heterocycles. The smallest absolute Gasteiger partial charge is 0.246 e. The monoisotopic (exact) mass is 291 g/mol. The van der Waals surface area contributed by atoms with Crippen LogP contribution in [0.4, 0.5) is 5.82 Å². The topological polar surface area (TPSA) is 114 Å². The molecule has 1 aromatic heterocycles. The maximum absolute atomic E-state index is 12.1. The lowest BCUT2D eigenvalue weighted by Crippen LogP contribution is -2.23. The number of nitriles is 1. The third kappa shape index (κ3) is 2.96. The molecule has 2 rings (SSSR count). The number of hydrogen-bond acceptors (Lipinski definition) is 5. The Labute approximate surface area is 116 Å². The van der Waals surface area contributed by atoms with Crippen molar-refractivity contribution in [3.05, 3.63) is 41.6 Å². The van der Waals surface area contributed by atoms with Crippen molar-refractivity contribution < 1.29 is 8.42 Å². The molecule has 0 saturated carbocycles. The Morgan fingerprint density at radius 1 is 1.40 bits per heavy atom. The first-order chi connectivity index (χ1) is 9.42. The van der Waals surface area contributed by atoms with Crippen molar-refractivity contribution >= 4 is 15.8 Å². The molecule has 0 atom stereocenters. The lowest BCUT2D eigenvalue weighted by Gasteiger charge is -2.05. The van der Waals surface area contributed by atoms with Crippen LogP contribution in [0.25, 0.3) is 0 Å². The van der Waals surface area contributed by atoms with Gasteiger partial charge in [-0.15, -0.1) is 0 Å². The average molecular weight is 291 g/mol. The van der Waals surface area contributed by atoms with Gasteiger partial charge < -0.3 is 5.73 Å². The highest BCUT2D eigenvalue weighted by Crippen LogP contribution is 2.15. The number of aryl methyl sites for hydroxylation is 1. The number of hydrogen-bond donors (Lipinski definition) is 2. The van der Waals surface area contributed by atoms with E-state index in [4.69, 9.17) is 11.0 Å². The summed E-state index contributed by atoms with van der Waals surface area (Å²) in [6.07, 6.45) is 1.34. The fourth-order valence-electron chi connectivity index (χ4n) is 1.64. The highest BCUT2D eigenvalue weighted by atomic mass is 32.2. The zero-order valence-corrected chi connectivity index (χ0v) is 11.6. The van der Waals surface area contributed by atoms with E-state index < -0.39 is 10.0 Å². The van der Waals surface area contributed by atoms with Crippen LogP contribution in [0.3, 0.4) is 0 Å². The molecule has 0 aliphatic rings. The molecule has 104 valence electrons. The van der Waals surface area contributed by atoms with Crippen LogP contribution < -0.4 is 10.5 Å². The number of aromatic nitrogens is 2. The third-order valence-corrected chi connectivity index (χ3v) is 4.08. The minimum absolute atomic E-state index is 0.0418. The highest BCUT2D eigenvalue weighted by molar-refractivity contribution is 7.89. The van der Waals surface area contributed by atoms with Crippen LogP contribution in [0, 0.1) is 11.3 Å². The summed E-state index contributed by atoms with van der Waals surface area (Å²) >= 11 is 0. The van der Waals surface area contributed by atoms with E-state index in [1.807, 2.05) is 6.07 Å². The molecular formula is C12H13N5O2S. The second kappa shape index (κ2) is 5.32. The van der Waals surface area contributed by atoms with Gasteiger partial charge in [0.25, 0.3) is 0 Å². The van der Waals surface area contributed by atoms with Gasteiger partial charge in [0, 0.05) is 19.8 Å². The second-order valence-electron chi connectivity index (χ2n) is 4.19. The minimum Gasteiger partial charge on any atom is -0.381 e. The fraction of sp³-hybridized carbons (Fsp3) is 0.167. The highest BCUT2D eigenvalue weighted by Gasteiger charge is 2.20. The number of nitrogen functional groups attached to an aromatic ring is 1. The van der Waals surface area contributed by atoms with E-state index in [1.54, 1.807) is 31.3 Å². The molecule has 0 unspecified atom stereocenters. The first kappa shape index (κ1) is 14.0. The molecule has 0 spiro atoms. The first-order valence-corrected chi connectivity index (χ1v) is 7.18. The second-order valence-corrected chi connectivity index (χ2v) is 5.92. The molecule has 0 saturated heterocycles. The number of sulfonamides is 1. The number of benzene rings is 1. The van der Waals surface area contributed by atoms with Gasteiger partial charge in [0.1, 0.15) is 4.90 Å². The third-order valence-electron chi connectivity index (χ3n) is 2.66. The Morgan fingerprint density at radius 2 is 2.05 bits per heavy atom. The molecule has 3 N–H and O–H groups in total. The lowest BCUT2D eigenvalue weighted by molar-refractivity contribution is 0.581. The van der Waals surface area contributed by atoms with E-state index in [1.165, 1.54) is 10.9 Å². The van der Waals surface area contributed by atoms with Crippen molar-refractivity contribution in [2.24, 2.45) is 7.05 Å². The van der Waals surface area contributed by atoms with Crippen molar-refractivity contribution in [3.63, 3.8) is 0 Å². The van der Waals surface area contributed by atoms with E-state index in [0.29, 0.717) is 5.56 Å². The molecule has 0 aliphatic carbocycles. The number of nitrogens with one attached hydrogen (secondary N) is 1. The quantitative estimate of drug-likeness (QED) is 0.843. The van der Waals surface area contributed by atoms with Gasteiger partial charge in [-0.25, -0.2) is 13.1 Å². The van der Waals surface area contributed by atoms with E-state index >= 15 is 0 Å². The van der Waals surface area contributed by atoms with Crippen LogP contribution in [0.5, 0.6) is 0 Å². The van der Waals surface area contributed by atoms with Gasteiger partial charge in [-0.2, -0.15) is 10.4 Å². The number of nitrogens with zero attached hydrogens (tertiary/aromatic N) is 3. The first-order valence-electron chi connectivity index (χ1n) is 5.70. The van der Waals surface area contributed by atoms with Crippen molar-refractivity contribution in [1.82, 2.24) is 14.5 Å². The molecule has 0 bridgehead atoms. The molecular weight excluding hydrogens is 278 g/mol. The van der Waals surface area contributed by atoms with Gasteiger partial charge in [-0.3, -0.25) is 4.68 Å². The van der Waals surface area contributed by atoms with Crippen LogP contribution in [-0.2, 0) is 23.6 Å². The number of anilines is 1. The van der Waals surface area contributed by atoms with E-state index in [9.17, 15) is 8.42 Å². The summed E-state index contributed by atoms with van der Waals surface area (Å²) in [5.41, 5.74) is 6.81. The van der Waals surface area contributed by atoms with Crippen molar-refractivity contribution in [3.8, 4) is 6.07 Å². The van der Waals surface area contributed by atoms with Crippen LogP contribution >= 0.6 is 0 Å². The summed E-state index contributed by atoms with van der Waals surface area (Å²) in [5, 5.41) is 12.5. The summed E-state index contributed by atoms with van der Waals surface area (Å²) in [4.78, 5) is -0.0476. The Bertz CT molecular complexity index is 756.